The smallest absolute Gasteiger partial charge is 0.231 e. The highest BCUT2D eigenvalue weighted by molar-refractivity contribution is 6.30. The van der Waals surface area contributed by atoms with Crippen LogP contribution in [-0.4, -0.2) is 26.9 Å². The summed E-state index contributed by atoms with van der Waals surface area (Å²) in [5.41, 5.74) is 2.52. The molecule has 7 heteroatoms. The standard InChI is InChI=1S/C17H20ClN5O/c1-10-6-17(7-14(20-10)15-9-23(2)22-21-15)13-4-3-12(18)5-11(13)8-19-16(17)24/h3-5,9-10,14,20H,6-8H2,1-2H3,(H,19,24)/t10-,14-,17?/m0/s1. The van der Waals surface area contributed by atoms with Crippen LogP contribution in [0.4, 0.5) is 0 Å². The van der Waals surface area contributed by atoms with E-state index in [0.29, 0.717) is 18.0 Å². The Morgan fingerprint density at radius 3 is 2.96 bits per heavy atom. The third-order valence-corrected chi connectivity index (χ3v) is 5.36. The summed E-state index contributed by atoms with van der Waals surface area (Å²) < 4.78 is 1.69. The van der Waals surface area contributed by atoms with Gasteiger partial charge in [0.2, 0.25) is 5.91 Å². The SMILES string of the molecule is C[C@H]1CC2(C[C@@H](c3cn(C)nn3)N1)C(=O)NCc1cc(Cl)ccc12. The summed E-state index contributed by atoms with van der Waals surface area (Å²) in [4.78, 5) is 12.9. The van der Waals surface area contributed by atoms with Gasteiger partial charge in [-0.15, -0.1) is 5.10 Å². The summed E-state index contributed by atoms with van der Waals surface area (Å²) in [6.07, 6.45) is 3.33. The molecule has 2 aliphatic heterocycles. The second kappa shape index (κ2) is 5.57. The Morgan fingerprint density at radius 1 is 1.38 bits per heavy atom. The zero-order valence-corrected chi connectivity index (χ0v) is 14.5. The number of hydrogen-bond acceptors (Lipinski definition) is 4. The molecule has 6 nitrogen and oxygen atoms in total. The predicted molar refractivity (Wildman–Crippen MR) is 90.6 cm³/mol. The number of rotatable bonds is 1. The molecule has 3 atom stereocenters. The van der Waals surface area contributed by atoms with Gasteiger partial charge in [-0.2, -0.15) is 0 Å². The van der Waals surface area contributed by atoms with Crippen molar-refractivity contribution >= 4 is 17.5 Å². The molecule has 1 amide bonds. The van der Waals surface area contributed by atoms with Crippen molar-refractivity contribution in [1.82, 2.24) is 25.6 Å². The van der Waals surface area contributed by atoms with Gasteiger partial charge in [-0.05, 0) is 43.0 Å². The molecule has 1 fully saturated rings. The number of nitrogens with zero attached hydrogens (tertiary/aromatic N) is 3. The monoisotopic (exact) mass is 345 g/mol. The Balaban J connectivity index is 1.79. The zero-order chi connectivity index (χ0) is 16.9. The van der Waals surface area contributed by atoms with E-state index in [1.807, 2.05) is 31.4 Å². The maximum Gasteiger partial charge on any atom is 0.231 e. The second-order valence-corrected chi connectivity index (χ2v) is 7.35. The van der Waals surface area contributed by atoms with Gasteiger partial charge in [0.15, 0.2) is 0 Å². The lowest BCUT2D eigenvalue weighted by atomic mass is 9.65. The predicted octanol–water partition coefficient (Wildman–Crippen LogP) is 1.85. The van der Waals surface area contributed by atoms with Gasteiger partial charge in [0.1, 0.15) is 0 Å². The number of halogens is 1. The third-order valence-electron chi connectivity index (χ3n) is 5.13. The van der Waals surface area contributed by atoms with E-state index in [9.17, 15) is 4.79 Å². The van der Waals surface area contributed by atoms with Gasteiger partial charge < -0.3 is 10.6 Å². The molecule has 1 saturated heterocycles. The lowest BCUT2D eigenvalue weighted by Crippen LogP contribution is -2.56. The van der Waals surface area contributed by atoms with Crippen LogP contribution in [0.25, 0.3) is 0 Å². The van der Waals surface area contributed by atoms with Gasteiger partial charge in [0.05, 0.1) is 17.2 Å². The van der Waals surface area contributed by atoms with Crippen molar-refractivity contribution in [3.8, 4) is 0 Å². The largest absolute Gasteiger partial charge is 0.351 e. The summed E-state index contributed by atoms with van der Waals surface area (Å²) in [6, 6.07) is 6.04. The first-order chi connectivity index (χ1) is 11.5. The van der Waals surface area contributed by atoms with Crippen LogP contribution in [0.3, 0.4) is 0 Å². The van der Waals surface area contributed by atoms with E-state index >= 15 is 0 Å². The van der Waals surface area contributed by atoms with Crippen LogP contribution in [0.15, 0.2) is 24.4 Å². The van der Waals surface area contributed by atoms with Crippen molar-refractivity contribution in [3.05, 3.63) is 46.2 Å². The third kappa shape index (κ3) is 2.41. The van der Waals surface area contributed by atoms with Gasteiger partial charge in [0, 0.05) is 30.9 Å². The molecule has 126 valence electrons. The van der Waals surface area contributed by atoms with E-state index in [-0.39, 0.29) is 18.0 Å². The van der Waals surface area contributed by atoms with E-state index in [1.165, 1.54) is 0 Å². The fraction of sp³-hybridized carbons (Fsp3) is 0.471. The van der Waals surface area contributed by atoms with E-state index in [1.54, 1.807) is 4.68 Å². The van der Waals surface area contributed by atoms with Crippen molar-refractivity contribution in [2.24, 2.45) is 7.05 Å². The fourth-order valence-electron chi connectivity index (χ4n) is 4.18. The molecule has 3 heterocycles. The Kier molecular flexibility index (Phi) is 3.62. The molecule has 0 aliphatic carbocycles. The average Bonchev–Trinajstić information content (AvgIpc) is 2.97. The van der Waals surface area contributed by atoms with Crippen molar-refractivity contribution in [3.63, 3.8) is 0 Å². The van der Waals surface area contributed by atoms with Crippen LogP contribution >= 0.6 is 11.6 Å². The van der Waals surface area contributed by atoms with Gasteiger partial charge in [-0.3, -0.25) is 9.48 Å². The number of nitrogens with one attached hydrogen (secondary N) is 2. The quantitative estimate of drug-likeness (QED) is 0.827. The first-order valence-electron chi connectivity index (χ1n) is 8.17. The molecule has 1 unspecified atom stereocenters. The number of fused-ring (bicyclic) bond motifs is 2. The highest BCUT2D eigenvalue weighted by Crippen LogP contribution is 2.45. The normalized spacial score (nSPS) is 29.4. The van der Waals surface area contributed by atoms with Crippen LogP contribution in [0, 0.1) is 0 Å². The highest BCUT2D eigenvalue weighted by atomic mass is 35.5. The number of aryl methyl sites for hydroxylation is 1. The number of hydrogen-bond donors (Lipinski definition) is 2. The lowest BCUT2D eigenvalue weighted by molar-refractivity contribution is -0.129. The lowest BCUT2D eigenvalue weighted by Gasteiger charge is -2.46. The van der Waals surface area contributed by atoms with Crippen LogP contribution in [0.2, 0.25) is 5.02 Å². The number of carbonyl (C=O) groups excluding carboxylic acids is 1. The molecule has 2 N–H and O–H groups in total. The van der Waals surface area contributed by atoms with E-state index in [4.69, 9.17) is 11.6 Å². The molecule has 1 aromatic heterocycles. The minimum atomic E-state index is -0.551. The average molecular weight is 346 g/mol. The summed E-state index contributed by atoms with van der Waals surface area (Å²) in [7, 11) is 1.85. The summed E-state index contributed by atoms with van der Waals surface area (Å²) in [6.45, 7) is 2.65. The molecule has 24 heavy (non-hydrogen) atoms. The summed E-state index contributed by atoms with van der Waals surface area (Å²) >= 11 is 6.15. The van der Waals surface area contributed by atoms with Crippen LogP contribution in [0.5, 0.6) is 0 Å². The number of aromatic nitrogens is 3. The van der Waals surface area contributed by atoms with Crippen LogP contribution in [-0.2, 0) is 23.8 Å². The molecule has 0 saturated carbocycles. The van der Waals surface area contributed by atoms with Crippen LogP contribution in [0.1, 0.15) is 42.6 Å². The second-order valence-electron chi connectivity index (χ2n) is 6.91. The van der Waals surface area contributed by atoms with Crippen molar-refractivity contribution in [2.45, 2.75) is 43.8 Å². The molecule has 4 rings (SSSR count). The number of benzene rings is 1. The topological polar surface area (TPSA) is 71.8 Å². The molecule has 2 aromatic rings. The van der Waals surface area contributed by atoms with E-state index in [0.717, 1.165) is 23.2 Å². The molecule has 0 radical (unpaired) electrons. The fourth-order valence-corrected chi connectivity index (χ4v) is 4.37. The van der Waals surface area contributed by atoms with Gasteiger partial charge >= 0.3 is 0 Å². The van der Waals surface area contributed by atoms with Gasteiger partial charge in [-0.1, -0.05) is 22.9 Å². The Bertz CT molecular complexity index is 804. The van der Waals surface area contributed by atoms with Crippen molar-refractivity contribution < 1.29 is 4.79 Å². The highest BCUT2D eigenvalue weighted by Gasteiger charge is 2.49. The van der Waals surface area contributed by atoms with Gasteiger partial charge in [-0.25, -0.2) is 0 Å². The first kappa shape index (κ1) is 15.6. The summed E-state index contributed by atoms with van der Waals surface area (Å²) in [5, 5.41) is 15.6. The molecule has 1 aromatic carbocycles. The molecule has 1 spiro atoms. The minimum absolute atomic E-state index is 0.00479. The number of piperidine rings is 1. The van der Waals surface area contributed by atoms with E-state index < -0.39 is 5.41 Å². The van der Waals surface area contributed by atoms with Crippen molar-refractivity contribution in [2.75, 3.05) is 0 Å². The molecular weight excluding hydrogens is 326 g/mol. The Morgan fingerprint density at radius 2 is 2.21 bits per heavy atom. The summed E-state index contributed by atoms with van der Waals surface area (Å²) in [5.74, 6) is 0.0968. The minimum Gasteiger partial charge on any atom is -0.351 e. The molecular formula is C17H20ClN5O. The van der Waals surface area contributed by atoms with Crippen molar-refractivity contribution in [1.29, 1.82) is 0 Å². The Hall–Kier alpha value is -1.92. The first-order valence-corrected chi connectivity index (χ1v) is 8.55. The number of amides is 1. The van der Waals surface area contributed by atoms with E-state index in [2.05, 4.69) is 27.9 Å². The van der Waals surface area contributed by atoms with Crippen LogP contribution < -0.4 is 10.6 Å². The molecule has 0 bridgehead atoms. The number of carbonyl (C=O) groups is 1. The van der Waals surface area contributed by atoms with Gasteiger partial charge in [0.25, 0.3) is 0 Å². The Labute approximate surface area is 145 Å². The zero-order valence-electron chi connectivity index (χ0n) is 13.7. The maximum atomic E-state index is 12.9. The molecule has 2 aliphatic rings. The maximum absolute atomic E-state index is 12.9.